The summed E-state index contributed by atoms with van der Waals surface area (Å²) in [5.41, 5.74) is 1.91. The quantitative estimate of drug-likeness (QED) is 0.165. The number of benzene rings is 6. The van der Waals surface area contributed by atoms with Gasteiger partial charge in [-0.3, -0.25) is 14.5 Å². The van der Waals surface area contributed by atoms with Gasteiger partial charge in [-0.1, -0.05) is 113 Å². The van der Waals surface area contributed by atoms with Crippen LogP contribution in [-0.2, 0) is 6.54 Å². The molecule has 0 heterocycles. The topological polar surface area (TPSA) is 37.4 Å². The van der Waals surface area contributed by atoms with E-state index >= 15 is 0 Å². The molecule has 0 bridgehead atoms. The third-order valence-electron chi connectivity index (χ3n) is 6.73. The number of carbonyl (C=O) groups is 2. The average Bonchev–Trinajstić information content (AvgIpc) is 2.93. The van der Waals surface area contributed by atoms with Gasteiger partial charge < -0.3 is 0 Å². The van der Waals surface area contributed by atoms with Crippen LogP contribution < -0.4 is 0 Å². The van der Waals surface area contributed by atoms with Crippen LogP contribution in [0.4, 0.5) is 0 Å². The maximum Gasteiger partial charge on any atom is 0.262 e. The van der Waals surface area contributed by atoms with Gasteiger partial charge in [0.15, 0.2) is 0 Å². The van der Waals surface area contributed by atoms with Gasteiger partial charge in [0, 0.05) is 10.0 Å². The maximum absolute atomic E-state index is 14.5. The third kappa shape index (κ3) is 4.30. The zero-order chi connectivity index (χ0) is 25.4. The molecule has 178 valence electrons. The van der Waals surface area contributed by atoms with E-state index in [2.05, 4.69) is 22.0 Å². The monoisotopic (exact) mass is 543 g/mol. The molecule has 37 heavy (non-hydrogen) atoms. The van der Waals surface area contributed by atoms with Crippen molar-refractivity contribution in [2.45, 2.75) is 6.54 Å². The Balaban J connectivity index is 1.57. The highest BCUT2D eigenvalue weighted by molar-refractivity contribution is 9.10. The summed E-state index contributed by atoms with van der Waals surface area (Å²) in [6.45, 7) is 0.151. The van der Waals surface area contributed by atoms with Crippen LogP contribution in [0.25, 0.3) is 32.3 Å². The summed E-state index contributed by atoms with van der Waals surface area (Å²) >= 11 is 3.53. The number of hydrogen-bond acceptors (Lipinski definition) is 2. The van der Waals surface area contributed by atoms with Crippen LogP contribution in [0.2, 0.25) is 0 Å². The molecule has 6 aromatic rings. The molecule has 0 radical (unpaired) electrons. The average molecular weight is 544 g/mol. The highest BCUT2D eigenvalue weighted by atomic mass is 79.9. The predicted octanol–water partition coefficient (Wildman–Crippen LogP) is 8.39. The molecule has 3 nitrogen and oxygen atoms in total. The number of imide groups is 1. The van der Waals surface area contributed by atoms with Crippen molar-refractivity contribution in [1.29, 1.82) is 0 Å². The highest BCUT2D eigenvalue weighted by Crippen LogP contribution is 2.31. The maximum atomic E-state index is 14.5. The van der Waals surface area contributed by atoms with Crippen LogP contribution in [0.5, 0.6) is 0 Å². The molecule has 6 aromatic carbocycles. The van der Waals surface area contributed by atoms with Gasteiger partial charge in [-0.2, -0.15) is 0 Å². The fourth-order valence-electron chi connectivity index (χ4n) is 4.99. The number of rotatable bonds is 4. The molecule has 0 N–H and O–H groups in total. The second kappa shape index (κ2) is 9.64. The van der Waals surface area contributed by atoms with E-state index in [0.29, 0.717) is 11.1 Å². The number of nitrogens with zero attached hydrogens (tertiary/aromatic N) is 1. The van der Waals surface area contributed by atoms with Crippen molar-refractivity contribution in [1.82, 2.24) is 4.90 Å². The van der Waals surface area contributed by atoms with Crippen LogP contribution in [-0.4, -0.2) is 16.7 Å². The minimum Gasteiger partial charge on any atom is -0.270 e. The van der Waals surface area contributed by atoms with Gasteiger partial charge >= 0.3 is 0 Å². The first kappa shape index (κ1) is 23.1. The lowest BCUT2D eigenvalue weighted by Crippen LogP contribution is -2.36. The molecular weight excluding hydrogens is 522 g/mol. The second-order valence-corrected chi connectivity index (χ2v) is 9.96. The lowest BCUT2D eigenvalue weighted by molar-refractivity contribution is 0.0607. The fourth-order valence-corrected chi connectivity index (χ4v) is 5.44. The van der Waals surface area contributed by atoms with Crippen LogP contribution in [0, 0.1) is 0 Å². The zero-order valence-electron chi connectivity index (χ0n) is 19.9. The predicted molar refractivity (Wildman–Crippen MR) is 154 cm³/mol. The molecule has 0 aliphatic carbocycles. The largest absolute Gasteiger partial charge is 0.270 e. The van der Waals surface area contributed by atoms with Gasteiger partial charge in [-0.15, -0.1) is 0 Å². The van der Waals surface area contributed by atoms with Gasteiger partial charge in [0.1, 0.15) is 0 Å². The first-order chi connectivity index (χ1) is 18.1. The van der Waals surface area contributed by atoms with Crippen molar-refractivity contribution in [2.24, 2.45) is 0 Å². The van der Waals surface area contributed by atoms with Crippen molar-refractivity contribution in [2.75, 3.05) is 0 Å². The van der Waals surface area contributed by atoms with Gasteiger partial charge in [0.2, 0.25) is 0 Å². The van der Waals surface area contributed by atoms with E-state index in [1.54, 1.807) is 6.07 Å². The van der Waals surface area contributed by atoms with Crippen LogP contribution in [0.3, 0.4) is 0 Å². The van der Waals surface area contributed by atoms with E-state index in [4.69, 9.17) is 0 Å². The molecule has 2 amide bonds. The lowest BCUT2D eigenvalue weighted by Gasteiger charge is -2.24. The van der Waals surface area contributed by atoms with Crippen LogP contribution in [0.1, 0.15) is 26.3 Å². The molecule has 0 atom stereocenters. The molecule has 0 aromatic heterocycles. The van der Waals surface area contributed by atoms with Crippen molar-refractivity contribution >= 4 is 60.1 Å². The molecule has 0 unspecified atom stereocenters. The van der Waals surface area contributed by atoms with Crippen molar-refractivity contribution in [3.63, 3.8) is 0 Å². The molecule has 0 spiro atoms. The van der Waals surface area contributed by atoms with E-state index in [1.165, 1.54) is 4.90 Å². The van der Waals surface area contributed by atoms with E-state index < -0.39 is 0 Å². The second-order valence-electron chi connectivity index (χ2n) is 9.05. The van der Waals surface area contributed by atoms with Gasteiger partial charge in [0.05, 0.1) is 12.1 Å². The summed E-state index contributed by atoms with van der Waals surface area (Å²) in [6, 6.07) is 38.9. The van der Waals surface area contributed by atoms with Crippen molar-refractivity contribution in [3.05, 3.63) is 142 Å². The summed E-state index contributed by atoms with van der Waals surface area (Å²) in [5.74, 6) is -0.635. The first-order valence-corrected chi connectivity index (χ1v) is 12.9. The molecule has 6 rings (SSSR count). The molecule has 0 saturated carbocycles. The highest BCUT2D eigenvalue weighted by Gasteiger charge is 2.28. The van der Waals surface area contributed by atoms with Gasteiger partial charge in [0.25, 0.3) is 11.8 Å². The number of fused-ring (bicyclic) bond motifs is 3. The van der Waals surface area contributed by atoms with E-state index in [9.17, 15) is 9.59 Å². The summed E-state index contributed by atoms with van der Waals surface area (Å²) in [7, 11) is 0. The first-order valence-electron chi connectivity index (χ1n) is 12.1. The standard InChI is InChI=1S/C33H22BrNO2/c34-26-14-7-9-22(19-26)21-35(32(36)30-18-8-13-23-10-1-4-15-27(23)30)33(37)31-28-16-5-2-11-24(28)20-25-12-3-6-17-29(25)31/h1-20H,21H2. The van der Waals surface area contributed by atoms with Crippen LogP contribution >= 0.6 is 15.9 Å². The Hall–Kier alpha value is -4.28. The summed E-state index contributed by atoms with van der Waals surface area (Å²) in [6.07, 6.45) is 0. The Kier molecular flexibility index (Phi) is 6.03. The Morgan fingerprint density at radius 1 is 0.568 bits per heavy atom. The minimum atomic E-state index is -0.321. The number of halogens is 1. The zero-order valence-corrected chi connectivity index (χ0v) is 21.5. The van der Waals surface area contributed by atoms with Gasteiger partial charge in [-0.05, 0) is 62.1 Å². The number of carbonyl (C=O) groups excluding carboxylic acids is 2. The Bertz CT molecular complexity index is 1770. The fraction of sp³-hybridized carbons (Fsp3) is 0.0303. The van der Waals surface area contributed by atoms with E-state index in [-0.39, 0.29) is 18.4 Å². The summed E-state index contributed by atoms with van der Waals surface area (Å²) in [4.78, 5) is 30.1. The third-order valence-corrected chi connectivity index (χ3v) is 7.22. The Morgan fingerprint density at radius 2 is 1.14 bits per heavy atom. The van der Waals surface area contributed by atoms with Crippen molar-refractivity contribution < 1.29 is 9.59 Å². The Morgan fingerprint density at radius 3 is 1.81 bits per heavy atom. The van der Waals surface area contributed by atoms with Crippen LogP contribution in [0.15, 0.2) is 126 Å². The van der Waals surface area contributed by atoms with Crippen molar-refractivity contribution in [3.8, 4) is 0 Å². The summed E-state index contributed by atoms with van der Waals surface area (Å²) in [5, 5.41) is 5.37. The number of amides is 2. The normalized spacial score (nSPS) is 11.2. The minimum absolute atomic E-state index is 0.151. The lowest BCUT2D eigenvalue weighted by atomic mass is 9.95. The van der Waals surface area contributed by atoms with E-state index in [1.807, 2.05) is 109 Å². The molecule has 0 fully saturated rings. The molecule has 4 heteroatoms. The number of hydrogen-bond donors (Lipinski definition) is 0. The smallest absolute Gasteiger partial charge is 0.262 e. The molecule has 0 saturated heterocycles. The molecular formula is C33H22BrNO2. The molecule has 0 aliphatic rings. The Labute approximate surface area is 223 Å². The van der Waals surface area contributed by atoms with E-state index in [0.717, 1.165) is 42.4 Å². The van der Waals surface area contributed by atoms with Gasteiger partial charge in [-0.25, -0.2) is 0 Å². The molecule has 0 aliphatic heterocycles. The summed E-state index contributed by atoms with van der Waals surface area (Å²) < 4.78 is 0.894. The SMILES string of the molecule is O=C(c1cccc2ccccc12)N(Cc1cccc(Br)c1)C(=O)c1c2ccccc2cc2ccccc12.